The fourth-order valence-corrected chi connectivity index (χ4v) is 7.13. The number of hydrogen-bond donors (Lipinski definition) is 0. The third-order valence-electron chi connectivity index (χ3n) is 4.23. The van der Waals surface area contributed by atoms with Crippen molar-refractivity contribution in [3.63, 3.8) is 0 Å². The van der Waals surface area contributed by atoms with Gasteiger partial charge in [0.1, 0.15) is 0 Å². The second kappa shape index (κ2) is 6.87. The zero-order chi connectivity index (χ0) is 18.2. The maximum Gasteiger partial charge on any atom is 0.244 e. The number of methoxy groups -OCH3 is 2. The Kier molecular flexibility index (Phi) is 4.97. The van der Waals surface area contributed by atoms with Gasteiger partial charge in [-0.3, -0.25) is 4.79 Å². The Morgan fingerprint density at radius 3 is 2.64 bits per heavy atom. The molecule has 0 N–H and O–H groups in total. The van der Waals surface area contributed by atoms with Crippen LogP contribution in [-0.4, -0.2) is 61.4 Å². The number of ether oxygens (including phenoxy) is 2. The number of rotatable bonds is 4. The van der Waals surface area contributed by atoms with Crippen LogP contribution in [0.4, 0.5) is 0 Å². The van der Waals surface area contributed by atoms with Crippen molar-refractivity contribution in [2.45, 2.75) is 24.8 Å². The molecule has 0 bridgehead atoms. The molecule has 2 unspecified atom stereocenters. The molecule has 0 spiro atoms. The Bertz CT molecular complexity index is 822. The van der Waals surface area contributed by atoms with Crippen LogP contribution in [0.5, 0.6) is 11.5 Å². The fourth-order valence-electron chi connectivity index (χ4n) is 3.13. The summed E-state index contributed by atoms with van der Waals surface area (Å²) in [6.07, 6.45) is 0. The van der Waals surface area contributed by atoms with E-state index in [1.807, 2.05) is 23.1 Å². The second-order valence-corrected chi connectivity index (χ2v) is 9.39. The van der Waals surface area contributed by atoms with E-state index in [0.29, 0.717) is 23.2 Å². The van der Waals surface area contributed by atoms with Gasteiger partial charge in [-0.1, -0.05) is 17.8 Å². The molecule has 7 nitrogen and oxygen atoms in total. The summed E-state index contributed by atoms with van der Waals surface area (Å²) in [5, 5.41) is 0.510. The van der Waals surface area contributed by atoms with E-state index in [-0.39, 0.29) is 28.7 Å². The highest BCUT2D eigenvalue weighted by Crippen LogP contribution is 2.39. The molecule has 2 aliphatic heterocycles. The number of fused-ring (bicyclic) bond motifs is 1. The lowest BCUT2D eigenvalue weighted by atomic mass is 10.1. The van der Waals surface area contributed by atoms with Crippen LogP contribution in [0.1, 0.15) is 12.5 Å². The van der Waals surface area contributed by atoms with Gasteiger partial charge in [-0.25, -0.2) is 8.42 Å². The second-order valence-electron chi connectivity index (χ2n) is 6.03. The number of amidine groups is 1. The van der Waals surface area contributed by atoms with Crippen molar-refractivity contribution < 1.29 is 22.7 Å². The Hall–Kier alpha value is -1.74. The molecule has 136 valence electrons. The zero-order valence-electron chi connectivity index (χ0n) is 14.3. The maximum atomic E-state index is 12.0. The van der Waals surface area contributed by atoms with Crippen LogP contribution >= 0.6 is 11.8 Å². The highest BCUT2D eigenvalue weighted by atomic mass is 32.2. The van der Waals surface area contributed by atoms with Gasteiger partial charge in [0.25, 0.3) is 0 Å². The van der Waals surface area contributed by atoms with Gasteiger partial charge >= 0.3 is 0 Å². The van der Waals surface area contributed by atoms with Gasteiger partial charge in [0.15, 0.2) is 26.5 Å². The standard InChI is InChI=1S/C16H20N2O5S2/c1-10(19)17-16-18(12-8-25(20,21)9-15(12)24-16)7-11-4-5-13(22-2)14(6-11)23-3/h4-6,12,15H,7-9H2,1-3H3. The van der Waals surface area contributed by atoms with Crippen molar-refractivity contribution in [2.24, 2.45) is 4.99 Å². The van der Waals surface area contributed by atoms with Crippen molar-refractivity contribution in [3.8, 4) is 11.5 Å². The lowest BCUT2D eigenvalue weighted by molar-refractivity contribution is -0.115. The summed E-state index contributed by atoms with van der Waals surface area (Å²) in [7, 11) is 0.0815. The zero-order valence-corrected chi connectivity index (χ0v) is 15.9. The minimum atomic E-state index is -3.05. The normalized spacial score (nSPS) is 25.9. The molecule has 9 heteroatoms. The van der Waals surface area contributed by atoms with E-state index < -0.39 is 9.84 Å². The molecule has 1 amide bonds. The first kappa shape index (κ1) is 18.1. The number of hydrogen-bond acceptors (Lipinski definition) is 6. The third-order valence-corrected chi connectivity index (χ3v) is 7.48. The smallest absolute Gasteiger partial charge is 0.244 e. The number of carbonyl (C=O) groups excluding carboxylic acids is 1. The first-order chi connectivity index (χ1) is 11.8. The van der Waals surface area contributed by atoms with Gasteiger partial charge in [0.2, 0.25) is 5.91 Å². The predicted molar refractivity (Wildman–Crippen MR) is 97.0 cm³/mol. The van der Waals surface area contributed by atoms with Crippen molar-refractivity contribution in [2.75, 3.05) is 25.7 Å². The van der Waals surface area contributed by atoms with E-state index in [1.54, 1.807) is 14.2 Å². The van der Waals surface area contributed by atoms with Gasteiger partial charge in [0, 0.05) is 18.7 Å². The average Bonchev–Trinajstić information content (AvgIpc) is 2.99. The van der Waals surface area contributed by atoms with E-state index in [1.165, 1.54) is 18.7 Å². The maximum absolute atomic E-state index is 12.0. The molecule has 25 heavy (non-hydrogen) atoms. The number of thioether (sulfide) groups is 1. The SMILES string of the molecule is COc1ccc(CN2C(=NC(C)=O)SC3CS(=O)(=O)CC32)cc1OC. The third kappa shape index (κ3) is 3.77. The van der Waals surface area contributed by atoms with E-state index in [9.17, 15) is 13.2 Å². The number of benzene rings is 1. The first-order valence-electron chi connectivity index (χ1n) is 7.77. The summed E-state index contributed by atoms with van der Waals surface area (Å²) < 4.78 is 34.5. The van der Waals surface area contributed by atoms with Crippen LogP contribution in [-0.2, 0) is 21.2 Å². The molecule has 0 aliphatic carbocycles. The number of sulfone groups is 1. The summed E-state index contributed by atoms with van der Waals surface area (Å²) in [4.78, 5) is 17.4. The van der Waals surface area contributed by atoms with Crippen LogP contribution in [0.15, 0.2) is 23.2 Å². The van der Waals surface area contributed by atoms with Gasteiger partial charge in [0.05, 0.1) is 31.8 Å². The molecule has 3 rings (SSSR count). The summed E-state index contributed by atoms with van der Waals surface area (Å²) >= 11 is 1.38. The van der Waals surface area contributed by atoms with E-state index in [2.05, 4.69) is 4.99 Å². The first-order valence-corrected chi connectivity index (χ1v) is 10.5. The molecule has 0 radical (unpaired) electrons. The van der Waals surface area contributed by atoms with Crippen LogP contribution in [0.2, 0.25) is 0 Å². The summed E-state index contributed by atoms with van der Waals surface area (Å²) in [6.45, 7) is 1.85. The largest absolute Gasteiger partial charge is 0.493 e. The topological polar surface area (TPSA) is 85.3 Å². The lowest BCUT2D eigenvalue weighted by Crippen LogP contribution is -2.37. The number of amides is 1. The van der Waals surface area contributed by atoms with Gasteiger partial charge in [-0.2, -0.15) is 4.99 Å². The molecule has 1 aromatic rings. The van der Waals surface area contributed by atoms with Crippen LogP contribution in [0.3, 0.4) is 0 Å². The average molecular weight is 384 g/mol. The van der Waals surface area contributed by atoms with E-state index in [4.69, 9.17) is 9.47 Å². The molecule has 0 saturated carbocycles. The van der Waals surface area contributed by atoms with Crippen molar-refractivity contribution in [3.05, 3.63) is 23.8 Å². The highest BCUT2D eigenvalue weighted by molar-refractivity contribution is 8.15. The van der Waals surface area contributed by atoms with Gasteiger partial charge in [-0.15, -0.1) is 0 Å². The Labute approximate surface area is 151 Å². The summed E-state index contributed by atoms with van der Waals surface area (Å²) in [5.74, 6) is 1.16. The van der Waals surface area contributed by atoms with Crippen LogP contribution in [0.25, 0.3) is 0 Å². The minimum Gasteiger partial charge on any atom is -0.493 e. The van der Waals surface area contributed by atoms with Crippen molar-refractivity contribution in [1.29, 1.82) is 0 Å². The van der Waals surface area contributed by atoms with Crippen LogP contribution < -0.4 is 9.47 Å². The molecule has 2 heterocycles. The molecule has 2 saturated heterocycles. The van der Waals surface area contributed by atoms with E-state index >= 15 is 0 Å². The minimum absolute atomic E-state index is 0.0803. The molecular weight excluding hydrogens is 364 g/mol. The Morgan fingerprint density at radius 2 is 2.00 bits per heavy atom. The Morgan fingerprint density at radius 1 is 1.28 bits per heavy atom. The summed E-state index contributed by atoms with van der Waals surface area (Å²) in [6, 6.07) is 5.39. The molecule has 1 aromatic carbocycles. The van der Waals surface area contributed by atoms with Crippen molar-refractivity contribution in [1.82, 2.24) is 4.90 Å². The lowest BCUT2D eigenvalue weighted by Gasteiger charge is -2.24. The fraction of sp³-hybridized carbons (Fsp3) is 0.500. The van der Waals surface area contributed by atoms with Crippen molar-refractivity contribution >= 4 is 32.7 Å². The molecule has 2 fully saturated rings. The van der Waals surface area contributed by atoms with E-state index in [0.717, 1.165) is 5.56 Å². The van der Waals surface area contributed by atoms with Gasteiger partial charge < -0.3 is 14.4 Å². The molecular formula is C16H20N2O5S2. The molecule has 0 aromatic heterocycles. The molecule has 2 atom stereocenters. The van der Waals surface area contributed by atoms with Gasteiger partial charge in [-0.05, 0) is 17.7 Å². The Balaban J connectivity index is 1.90. The number of nitrogens with zero attached hydrogens (tertiary/aromatic N) is 2. The highest BCUT2D eigenvalue weighted by Gasteiger charge is 2.48. The number of aliphatic imine (C=N–C) groups is 1. The summed E-state index contributed by atoms with van der Waals surface area (Å²) in [5.41, 5.74) is 0.930. The quantitative estimate of drug-likeness (QED) is 0.774. The monoisotopic (exact) mass is 384 g/mol. The predicted octanol–water partition coefficient (Wildman–Crippen LogP) is 1.32. The van der Waals surface area contributed by atoms with Crippen LogP contribution in [0, 0.1) is 0 Å². The molecule has 2 aliphatic rings. The number of carbonyl (C=O) groups is 1.